The summed E-state index contributed by atoms with van der Waals surface area (Å²) in [6.45, 7) is 2.19. The molecule has 0 radical (unpaired) electrons. The lowest BCUT2D eigenvalue weighted by molar-refractivity contribution is 0.442. The first kappa shape index (κ1) is 10.3. The molecule has 1 aliphatic rings. The third-order valence-electron chi connectivity index (χ3n) is 3.18. The quantitative estimate of drug-likeness (QED) is 0.718. The molecule has 1 fully saturated rings. The Balaban J connectivity index is 2.04. The van der Waals surface area contributed by atoms with Crippen LogP contribution in [0.4, 0.5) is 11.4 Å². The van der Waals surface area contributed by atoms with E-state index in [-0.39, 0.29) is 0 Å². The predicted octanol–water partition coefficient (Wildman–Crippen LogP) is 1.46. The maximum atomic E-state index is 5.96. The first-order valence-corrected chi connectivity index (χ1v) is 5.58. The second kappa shape index (κ2) is 4.53. The van der Waals surface area contributed by atoms with Gasteiger partial charge in [-0.15, -0.1) is 0 Å². The number of nitrogens with one attached hydrogen (secondary N) is 1. The van der Waals surface area contributed by atoms with E-state index < -0.39 is 0 Å². The number of anilines is 2. The molecule has 3 heteroatoms. The molecule has 1 heterocycles. The smallest absolute Gasteiger partial charge is 0.0599 e. The molecule has 3 N–H and O–H groups in total. The Morgan fingerprint density at radius 2 is 1.93 bits per heavy atom. The number of piperidine rings is 1. The van der Waals surface area contributed by atoms with E-state index in [9.17, 15) is 0 Å². The van der Waals surface area contributed by atoms with Crippen molar-refractivity contribution in [1.82, 2.24) is 5.32 Å². The zero-order valence-corrected chi connectivity index (χ0v) is 9.24. The molecule has 2 rings (SSSR count). The lowest BCUT2D eigenvalue weighted by atomic mass is 10.0. The van der Waals surface area contributed by atoms with E-state index in [0.29, 0.717) is 6.04 Å². The van der Waals surface area contributed by atoms with Crippen LogP contribution in [0.3, 0.4) is 0 Å². The molecule has 0 spiro atoms. The van der Waals surface area contributed by atoms with Crippen molar-refractivity contribution in [1.29, 1.82) is 0 Å². The fourth-order valence-electron chi connectivity index (χ4n) is 2.18. The Morgan fingerprint density at radius 3 is 2.53 bits per heavy atom. The first-order chi connectivity index (χ1) is 7.31. The highest BCUT2D eigenvalue weighted by atomic mass is 15.2. The van der Waals surface area contributed by atoms with Gasteiger partial charge in [-0.1, -0.05) is 12.1 Å². The predicted molar refractivity (Wildman–Crippen MR) is 65.1 cm³/mol. The van der Waals surface area contributed by atoms with Crippen LogP contribution in [0.15, 0.2) is 24.3 Å². The summed E-state index contributed by atoms with van der Waals surface area (Å²) in [4.78, 5) is 2.38. The Hall–Kier alpha value is -1.22. The molecule has 1 aromatic rings. The van der Waals surface area contributed by atoms with E-state index in [2.05, 4.69) is 22.3 Å². The molecular formula is C12H19N3. The highest BCUT2D eigenvalue weighted by molar-refractivity contribution is 5.67. The van der Waals surface area contributed by atoms with Gasteiger partial charge in [0.05, 0.1) is 11.4 Å². The van der Waals surface area contributed by atoms with Gasteiger partial charge in [0.25, 0.3) is 0 Å². The summed E-state index contributed by atoms with van der Waals surface area (Å²) >= 11 is 0. The van der Waals surface area contributed by atoms with Gasteiger partial charge in [-0.2, -0.15) is 0 Å². The number of para-hydroxylation sites is 2. The number of nitrogens with zero attached hydrogens (tertiary/aromatic N) is 1. The molecule has 0 aliphatic carbocycles. The average molecular weight is 205 g/mol. The standard InChI is InChI=1S/C12H19N3/c1-14-10-6-8-15(9-7-10)12-5-3-2-4-11(12)13/h2-5,10,14H,6-9,13H2,1H3. The van der Waals surface area contributed by atoms with Crippen molar-refractivity contribution in [2.24, 2.45) is 0 Å². The maximum absolute atomic E-state index is 5.96. The normalized spacial score (nSPS) is 18.1. The van der Waals surface area contributed by atoms with Crippen molar-refractivity contribution in [2.45, 2.75) is 18.9 Å². The molecule has 0 bridgehead atoms. The van der Waals surface area contributed by atoms with Gasteiger partial charge >= 0.3 is 0 Å². The summed E-state index contributed by atoms with van der Waals surface area (Å²) in [5.41, 5.74) is 8.04. The fraction of sp³-hybridized carbons (Fsp3) is 0.500. The van der Waals surface area contributed by atoms with Crippen molar-refractivity contribution < 1.29 is 0 Å². The van der Waals surface area contributed by atoms with Gasteiger partial charge in [0, 0.05) is 19.1 Å². The van der Waals surface area contributed by atoms with Crippen LogP contribution >= 0.6 is 0 Å². The lowest BCUT2D eigenvalue weighted by Crippen LogP contribution is -2.41. The van der Waals surface area contributed by atoms with E-state index in [1.165, 1.54) is 18.5 Å². The van der Waals surface area contributed by atoms with Gasteiger partial charge in [0.15, 0.2) is 0 Å². The van der Waals surface area contributed by atoms with Crippen LogP contribution in [-0.2, 0) is 0 Å². The van der Waals surface area contributed by atoms with Crippen molar-refractivity contribution >= 4 is 11.4 Å². The lowest BCUT2D eigenvalue weighted by Gasteiger charge is -2.34. The summed E-state index contributed by atoms with van der Waals surface area (Å²) in [5, 5.41) is 3.33. The minimum atomic E-state index is 0.672. The average Bonchev–Trinajstić information content (AvgIpc) is 2.30. The van der Waals surface area contributed by atoms with Crippen molar-refractivity contribution in [2.75, 3.05) is 30.8 Å². The Morgan fingerprint density at radius 1 is 1.27 bits per heavy atom. The summed E-state index contributed by atoms with van der Waals surface area (Å²) in [5.74, 6) is 0. The largest absolute Gasteiger partial charge is 0.397 e. The monoisotopic (exact) mass is 205 g/mol. The van der Waals surface area contributed by atoms with Gasteiger partial charge in [-0.25, -0.2) is 0 Å². The Labute approximate surface area is 91.3 Å². The third-order valence-corrected chi connectivity index (χ3v) is 3.18. The Bertz CT molecular complexity index is 316. The molecule has 0 amide bonds. The minimum absolute atomic E-state index is 0.672. The molecular weight excluding hydrogens is 186 g/mol. The molecule has 82 valence electrons. The van der Waals surface area contributed by atoms with E-state index in [1.54, 1.807) is 0 Å². The zero-order chi connectivity index (χ0) is 10.7. The highest BCUT2D eigenvalue weighted by Gasteiger charge is 2.18. The molecule has 1 aromatic carbocycles. The number of nitrogen functional groups attached to an aromatic ring is 1. The van der Waals surface area contributed by atoms with Gasteiger partial charge in [-0.05, 0) is 32.0 Å². The summed E-state index contributed by atoms with van der Waals surface area (Å²) < 4.78 is 0. The SMILES string of the molecule is CNC1CCN(c2ccccc2N)CC1. The molecule has 1 aliphatic heterocycles. The van der Waals surface area contributed by atoms with Crippen LogP contribution in [0.25, 0.3) is 0 Å². The molecule has 0 saturated carbocycles. The van der Waals surface area contributed by atoms with Crippen molar-refractivity contribution in [3.8, 4) is 0 Å². The minimum Gasteiger partial charge on any atom is -0.397 e. The van der Waals surface area contributed by atoms with Gasteiger partial charge in [0.1, 0.15) is 0 Å². The molecule has 0 atom stereocenters. The number of benzene rings is 1. The van der Waals surface area contributed by atoms with Crippen LogP contribution in [0.2, 0.25) is 0 Å². The van der Waals surface area contributed by atoms with E-state index in [0.717, 1.165) is 18.8 Å². The zero-order valence-electron chi connectivity index (χ0n) is 9.24. The number of rotatable bonds is 2. The van der Waals surface area contributed by atoms with Crippen LogP contribution in [-0.4, -0.2) is 26.2 Å². The topological polar surface area (TPSA) is 41.3 Å². The number of hydrogen-bond donors (Lipinski definition) is 2. The summed E-state index contributed by atoms with van der Waals surface area (Å²) in [6.07, 6.45) is 2.40. The maximum Gasteiger partial charge on any atom is 0.0599 e. The molecule has 0 aromatic heterocycles. The van der Waals surface area contributed by atoms with Crippen LogP contribution < -0.4 is 16.0 Å². The molecule has 1 saturated heterocycles. The molecule has 15 heavy (non-hydrogen) atoms. The second-order valence-corrected chi connectivity index (χ2v) is 4.11. The van der Waals surface area contributed by atoms with Gasteiger partial charge < -0.3 is 16.0 Å². The van der Waals surface area contributed by atoms with Crippen molar-refractivity contribution in [3.63, 3.8) is 0 Å². The fourth-order valence-corrected chi connectivity index (χ4v) is 2.18. The number of nitrogens with two attached hydrogens (primary N) is 1. The van der Waals surface area contributed by atoms with Crippen LogP contribution in [0.5, 0.6) is 0 Å². The number of hydrogen-bond acceptors (Lipinski definition) is 3. The highest BCUT2D eigenvalue weighted by Crippen LogP contribution is 2.25. The van der Waals surface area contributed by atoms with Crippen LogP contribution in [0, 0.1) is 0 Å². The van der Waals surface area contributed by atoms with Crippen LogP contribution in [0.1, 0.15) is 12.8 Å². The second-order valence-electron chi connectivity index (χ2n) is 4.11. The van der Waals surface area contributed by atoms with Crippen molar-refractivity contribution in [3.05, 3.63) is 24.3 Å². The van der Waals surface area contributed by atoms with Gasteiger partial charge in [0.2, 0.25) is 0 Å². The van der Waals surface area contributed by atoms with E-state index in [4.69, 9.17) is 5.73 Å². The van der Waals surface area contributed by atoms with Gasteiger partial charge in [-0.3, -0.25) is 0 Å². The first-order valence-electron chi connectivity index (χ1n) is 5.58. The third kappa shape index (κ3) is 2.23. The molecule has 3 nitrogen and oxygen atoms in total. The summed E-state index contributed by atoms with van der Waals surface area (Å²) in [7, 11) is 2.04. The van der Waals surface area contributed by atoms with E-state index >= 15 is 0 Å². The molecule has 0 unspecified atom stereocenters. The summed E-state index contributed by atoms with van der Waals surface area (Å²) in [6, 6.07) is 8.79. The Kier molecular flexibility index (Phi) is 3.11. The van der Waals surface area contributed by atoms with E-state index in [1.807, 2.05) is 19.2 Å².